The van der Waals surface area contributed by atoms with E-state index >= 15 is 0 Å². The minimum absolute atomic E-state index is 0.265. The molecule has 8 heteroatoms. The molecule has 0 bridgehead atoms. The number of carbonyl (C=O) groups excluding carboxylic acids is 1. The van der Waals surface area contributed by atoms with Crippen LogP contribution in [0.4, 0.5) is 4.39 Å². The molecule has 4 aromatic rings. The average molecular weight is 420 g/mol. The van der Waals surface area contributed by atoms with Crippen molar-refractivity contribution < 1.29 is 18.7 Å². The van der Waals surface area contributed by atoms with Crippen molar-refractivity contribution in [3.05, 3.63) is 77.9 Å². The molecule has 7 nitrogen and oxygen atoms in total. The van der Waals surface area contributed by atoms with Crippen LogP contribution in [-0.2, 0) is 6.42 Å². The zero-order chi connectivity index (χ0) is 21.8. The standard InChI is InChI=1S/C23H21FN4O3/c1-30-20-8-3-15(13-21(20)31-2)9-11-26-23(29)18-14-27-28-19(10-12-25-22(18)28)16-4-6-17(24)7-5-16/h3-8,10,12-14H,9,11H2,1-2H3,(H,26,29). The van der Waals surface area contributed by atoms with E-state index in [-0.39, 0.29) is 11.7 Å². The Morgan fingerprint density at radius 3 is 2.58 bits per heavy atom. The Morgan fingerprint density at radius 1 is 1.06 bits per heavy atom. The van der Waals surface area contributed by atoms with Gasteiger partial charge in [0.1, 0.15) is 11.4 Å². The third-order valence-electron chi connectivity index (χ3n) is 4.93. The highest BCUT2D eigenvalue weighted by Crippen LogP contribution is 2.27. The lowest BCUT2D eigenvalue weighted by atomic mass is 10.1. The molecule has 0 radical (unpaired) electrons. The van der Waals surface area contributed by atoms with E-state index in [1.54, 1.807) is 43.1 Å². The first-order valence-electron chi connectivity index (χ1n) is 9.68. The van der Waals surface area contributed by atoms with E-state index in [0.29, 0.717) is 35.7 Å². The first kappa shape index (κ1) is 20.3. The quantitative estimate of drug-likeness (QED) is 0.495. The summed E-state index contributed by atoms with van der Waals surface area (Å²) in [6.45, 7) is 0.434. The molecule has 0 saturated heterocycles. The second-order valence-electron chi connectivity index (χ2n) is 6.83. The van der Waals surface area contributed by atoms with Gasteiger partial charge in [0.05, 0.1) is 26.1 Å². The first-order chi connectivity index (χ1) is 15.1. The Morgan fingerprint density at radius 2 is 1.84 bits per heavy atom. The smallest absolute Gasteiger partial charge is 0.256 e. The molecule has 0 aliphatic carbocycles. The number of amides is 1. The Hall–Kier alpha value is -3.94. The van der Waals surface area contributed by atoms with Crippen molar-refractivity contribution in [1.82, 2.24) is 19.9 Å². The highest BCUT2D eigenvalue weighted by molar-refractivity contribution is 5.99. The minimum Gasteiger partial charge on any atom is -0.493 e. The topological polar surface area (TPSA) is 77.8 Å². The fraction of sp³-hybridized carbons (Fsp3) is 0.174. The van der Waals surface area contributed by atoms with Crippen molar-refractivity contribution in [3.63, 3.8) is 0 Å². The molecule has 0 fully saturated rings. The van der Waals surface area contributed by atoms with Crippen LogP contribution in [0.1, 0.15) is 15.9 Å². The summed E-state index contributed by atoms with van der Waals surface area (Å²) in [7, 11) is 3.17. The van der Waals surface area contributed by atoms with Gasteiger partial charge >= 0.3 is 0 Å². The van der Waals surface area contributed by atoms with Crippen LogP contribution in [0.3, 0.4) is 0 Å². The van der Waals surface area contributed by atoms with Gasteiger partial charge in [-0.3, -0.25) is 4.79 Å². The van der Waals surface area contributed by atoms with Gasteiger partial charge in [-0.1, -0.05) is 6.07 Å². The molecule has 0 saturated carbocycles. The lowest BCUT2D eigenvalue weighted by molar-refractivity contribution is 0.0955. The van der Waals surface area contributed by atoms with Crippen molar-refractivity contribution in [2.45, 2.75) is 6.42 Å². The Balaban J connectivity index is 1.49. The third kappa shape index (κ3) is 4.18. The molecule has 158 valence electrons. The first-order valence-corrected chi connectivity index (χ1v) is 9.68. The predicted octanol–water partition coefficient (Wildman–Crippen LogP) is 3.53. The maximum Gasteiger partial charge on any atom is 0.256 e. The van der Waals surface area contributed by atoms with E-state index in [1.807, 2.05) is 18.2 Å². The largest absolute Gasteiger partial charge is 0.493 e. The zero-order valence-electron chi connectivity index (χ0n) is 17.1. The van der Waals surface area contributed by atoms with E-state index in [1.165, 1.54) is 18.3 Å². The van der Waals surface area contributed by atoms with Crippen LogP contribution in [0.2, 0.25) is 0 Å². The summed E-state index contributed by atoms with van der Waals surface area (Å²) < 4.78 is 25.4. The molecule has 1 N–H and O–H groups in total. The minimum atomic E-state index is -0.316. The summed E-state index contributed by atoms with van der Waals surface area (Å²) >= 11 is 0. The lowest BCUT2D eigenvalue weighted by Crippen LogP contribution is -2.25. The van der Waals surface area contributed by atoms with Crippen molar-refractivity contribution in [2.75, 3.05) is 20.8 Å². The number of halogens is 1. The van der Waals surface area contributed by atoms with E-state index < -0.39 is 0 Å². The number of nitrogens with zero attached hydrogens (tertiary/aromatic N) is 3. The van der Waals surface area contributed by atoms with Gasteiger partial charge in [-0.25, -0.2) is 13.9 Å². The number of aromatic nitrogens is 3. The van der Waals surface area contributed by atoms with Crippen LogP contribution < -0.4 is 14.8 Å². The van der Waals surface area contributed by atoms with Crippen LogP contribution in [0, 0.1) is 5.82 Å². The number of benzene rings is 2. The van der Waals surface area contributed by atoms with Gasteiger partial charge in [-0.2, -0.15) is 5.10 Å². The van der Waals surface area contributed by atoms with Gasteiger partial charge in [-0.15, -0.1) is 0 Å². The summed E-state index contributed by atoms with van der Waals surface area (Å²) in [6.07, 6.45) is 3.72. The van der Waals surface area contributed by atoms with Crippen molar-refractivity contribution in [1.29, 1.82) is 0 Å². The molecule has 1 amide bonds. The van der Waals surface area contributed by atoms with Crippen molar-refractivity contribution >= 4 is 11.6 Å². The maximum atomic E-state index is 13.2. The second-order valence-corrected chi connectivity index (χ2v) is 6.83. The van der Waals surface area contributed by atoms with Gasteiger partial charge in [-0.05, 0) is 54.4 Å². The Bertz CT molecular complexity index is 1220. The SMILES string of the molecule is COc1ccc(CCNC(=O)c2cnn3c(-c4ccc(F)cc4)ccnc23)cc1OC. The summed E-state index contributed by atoms with van der Waals surface area (Å²) in [5.74, 6) is 0.722. The van der Waals surface area contributed by atoms with Crippen LogP contribution in [0.15, 0.2) is 60.9 Å². The molecule has 31 heavy (non-hydrogen) atoms. The van der Waals surface area contributed by atoms with Crippen molar-refractivity contribution in [2.24, 2.45) is 0 Å². The highest BCUT2D eigenvalue weighted by Gasteiger charge is 2.16. The number of carbonyl (C=O) groups is 1. The van der Waals surface area contributed by atoms with Crippen LogP contribution in [0.25, 0.3) is 16.9 Å². The fourth-order valence-electron chi connectivity index (χ4n) is 3.34. The summed E-state index contributed by atoms with van der Waals surface area (Å²) in [5, 5.41) is 7.22. The molecule has 4 rings (SSSR count). The number of ether oxygens (including phenoxy) is 2. The average Bonchev–Trinajstić information content (AvgIpc) is 3.24. The van der Waals surface area contributed by atoms with Gasteiger partial charge in [0.25, 0.3) is 5.91 Å². The molecule has 0 aliphatic heterocycles. The predicted molar refractivity (Wildman–Crippen MR) is 114 cm³/mol. The van der Waals surface area contributed by atoms with Crippen LogP contribution >= 0.6 is 0 Å². The van der Waals surface area contributed by atoms with Gasteiger partial charge < -0.3 is 14.8 Å². The second kappa shape index (κ2) is 8.83. The van der Waals surface area contributed by atoms with E-state index in [2.05, 4.69) is 15.4 Å². The molecule has 0 atom stereocenters. The third-order valence-corrected chi connectivity index (χ3v) is 4.93. The van der Waals surface area contributed by atoms with E-state index in [0.717, 1.165) is 16.8 Å². The lowest BCUT2D eigenvalue weighted by Gasteiger charge is -2.10. The Kier molecular flexibility index (Phi) is 5.79. The number of fused-ring (bicyclic) bond motifs is 1. The summed E-state index contributed by atoms with van der Waals surface area (Å²) in [6, 6.07) is 13.5. The molecular formula is C23H21FN4O3. The number of nitrogens with one attached hydrogen (secondary N) is 1. The number of methoxy groups -OCH3 is 2. The monoisotopic (exact) mass is 420 g/mol. The van der Waals surface area contributed by atoms with Gasteiger partial charge in [0.15, 0.2) is 17.1 Å². The fourth-order valence-corrected chi connectivity index (χ4v) is 3.34. The van der Waals surface area contributed by atoms with Crippen LogP contribution in [-0.4, -0.2) is 41.3 Å². The van der Waals surface area contributed by atoms with Gasteiger partial charge in [0, 0.05) is 18.3 Å². The molecule has 2 aromatic carbocycles. The number of rotatable bonds is 7. The molecular weight excluding hydrogens is 399 g/mol. The molecule has 2 aromatic heterocycles. The summed E-state index contributed by atoms with van der Waals surface area (Å²) in [4.78, 5) is 17.0. The zero-order valence-corrected chi connectivity index (χ0v) is 17.1. The molecule has 0 spiro atoms. The normalized spacial score (nSPS) is 10.8. The molecule has 2 heterocycles. The van der Waals surface area contributed by atoms with Crippen LogP contribution in [0.5, 0.6) is 11.5 Å². The summed E-state index contributed by atoms with van der Waals surface area (Å²) in [5.41, 5.74) is 3.31. The highest BCUT2D eigenvalue weighted by atomic mass is 19.1. The number of hydrogen-bond acceptors (Lipinski definition) is 5. The van der Waals surface area contributed by atoms with Gasteiger partial charge in [0.2, 0.25) is 0 Å². The van der Waals surface area contributed by atoms with Crippen molar-refractivity contribution in [3.8, 4) is 22.8 Å². The van der Waals surface area contributed by atoms with E-state index in [4.69, 9.17) is 9.47 Å². The molecule has 0 unspecified atom stereocenters. The maximum absolute atomic E-state index is 13.2. The Labute approximate surface area is 178 Å². The number of hydrogen-bond donors (Lipinski definition) is 1. The molecule has 0 aliphatic rings. The van der Waals surface area contributed by atoms with E-state index in [9.17, 15) is 9.18 Å².